The molecule has 1 aromatic carbocycles. The Labute approximate surface area is 124 Å². The lowest BCUT2D eigenvalue weighted by molar-refractivity contribution is 0.261. The van der Waals surface area contributed by atoms with E-state index in [1.165, 1.54) is 23.4 Å². The number of aromatic nitrogens is 1. The second kappa shape index (κ2) is 6.97. The maximum atomic E-state index is 4.17. The Morgan fingerprint density at radius 1 is 1.30 bits per heavy atom. The minimum absolute atomic E-state index is 0.549. The molecule has 0 bridgehead atoms. The lowest BCUT2D eigenvalue weighted by Crippen LogP contribution is -2.38. The first-order valence-electron chi connectivity index (χ1n) is 7.27. The van der Waals surface area contributed by atoms with Gasteiger partial charge in [-0.2, -0.15) is 0 Å². The first kappa shape index (κ1) is 13.7. The number of rotatable bonds is 4. The topological polar surface area (TPSA) is 28.2 Å². The van der Waals surface area contributed by atoms with E-state index in [2.05, 4.69) is 45.5 Å². The Hall–Kier alpha value is -1.23. The third kappa shape index (κ3) is 3.88. The molecule has 0 aliphatic carbocycles. The number of benzene rings is 1. The standard InChI is InChI=1S/C16H21N3S/c1-2-5-14(6-3-1)9-15-11-19(8-4-7-18-15)12-16-10-17-13-20-16/h1-3,5-6,10,13,15,18H,4,7-9,11-12H2. The quantitative estimate of drug-likeness (QED) is 0.936. The van der Waals surface area contributed by atoms with Crippen LogP contribution in [0.25, 0.3) is 0 Å². The third-order valence-corrected chi connectivity index (χ3v) is 4.51. The van der Waals surface area contributed by atoms with Crippen molar-refractivity contribution < 1.29 is 0 Å². The fraction of sp³-hybridized carbons (Fsp3) is 0.438. The van der Waals surface area contributed by atoms with Gasteiger partial charge in [-0.25, -0.2) is 0 Å². The summed E-state index contributed by atoms with van der Waals surface area (Å²) in [5, 5.41) is 3.69. The molecule has 0 spiro atoms. The van der Waals surface area contributed by atoms with Crippen molar-refractivity contribution in [1.29, 1.82) is 0 Å². The van der Waals surface area contributed by atoms with E-state index in [9.17, 15) is 0 Å². The van der Waals surface area contributed by atoms with Crippen LogP contribution in [0.3, 0.4) is 0 Å². The van der Waals surface area contributed by atoms with Gasteiger partial charge in [0.2, 0.25) is 0 Å². The zero-order chi connectivity index (χ0) is 13.6. The lowest BCUT2D eigenvalue weighted by atomic mass is 10.1. The van der Waals surface area contributed by atoms with E-state index >= 15 is 0 Å². The van der Waals surface area contributed by atoms with Gasteiger partial charge in [0.25, 0.3) is 0 Å². The average Bonchev–Trinajstić information content (AvgIpc) is 2.87. The third-order valence-electron chi connectivity index (χ3n) is 3.75. The van der Waals surface area contributed by atoms with Gasteiger partial charge in [0.1, 0.15) is 0 Å². The molecular formula is C16H21N3S. The van der Waals surface area contributed by atoms with E-state index in [4.69, 9.17) is 0 Å². The van der Waals surface area contributed by atoms with Crippen LogP contribution >= 0.6 is 11.3 Å². The normalized spacial score (nSPS) is 20.7. The average molecular weight is 287 g/mol. The summed E-state index contributed by atoms with van der Waals surface area (Å²) >= 11 is 1.76. The van der Waals surface area contributed by atoms with Crippen molar-refractivity contribution in [3.63, 3.8) is 0 Å². The Morgan fingerprint density at radius 2 is 2.20 bits per heavy atom. The van der Waals surface area contributed by atoms with Crippen molar-refractivity contribution in [2.24, 2.45) is 0 Å². The molecule has 0 amide bonds. The SMILES string of the molecule is c1ccc(CC2CN(Cc3cncs3)CCCN2)cc1. The molecule has 20 heavy (non-hydrogen) atoms. The fourth-order valence-electron chi connectivity index (χ4n) is 2.80. The zero-order valence-electron chi connectivity index (χ0n) is 11.7. The first-order valence-corrected chi connectivity index (χ1v) is 8.15. The van der Waals surface area contributed by atoms with Crippen LogP contribution in [0.1, 0.15) is 16.9 Å². The van der Waals surface area contributed by atoms with Gasteiger partial charge >= 0.3 is 0 Å². The van der Waals surface area contributed by atoms with E-state index in [-0.39, 0.29) is 0 Å². The second-order valence-electron chi connectivity index (χ2n) is 5.40. The highest BCUT2D eigenvalue weighted by atomic mass is 32.1. The van der Waals surface area contributed by atoms with Gasteiger partial charge in [-0.1, -0.05) is 30.3 Å². The highest BCUT2D eigenvalue weighted by Crippen LogP contribution is 2.13. The van der Waals surface area contributed by atoms with Crippen LogP contribution in [0.15, 0.2) is 42.0 Å². The molecule has 1 unspecified atom stereocenters. The molecule has 1 aromatic heterocycles. The summed E-state index contributed by atoms with van der Waals surface area (Å²) in [6.07, 6.45) is 4.33. The van der Waals surface area contributed by atoms with Crippen molar-refractivity contribution in [2.45, 2.75) is 25.4 Å². The number of nitrogens with one attached hydrogen (secondary N) is 1. The van der Waals surface area contributed by atoms with Crippen LogP contribution in [0.2, 0.25) is 0 Å². The first-order chi connectivity index (χ1) is 9.90. The van der Waals surface area contributed by atoms with Crippen LogP contribution in [-0.4, -0.2) is 35.6 Å². The second-order valence-corrected chi connectivity index (χ2v) is 6.37. The van der Waals surface area contributed by atoms with Crippen LogP contribution in [0.5, 0.6) is 0 Å². The molecule has 1 fully saturated rings. The lowest BCUT2D eigenvalue weighted by Gasteiger charge is -2.23. The maximum absolute atomic E-state index is 4.17. The van der Waals surface area contributed by atoms with E-state index < -0.39 is 0 Å². The van der Waals surface area contributed by atoms with Crippen LogP contribution in [0, 0.1) is 0 Å². The summed E-state index contributed by atoms with van der Waals surface area (Å²) in [7, 11) is 0. The summed E-state index contributed by atoms with van der Waals surface area (Å²) in [5.74, 6) is 0. The molecule has 2 aromatic rings. The fourth-order valence-corrected chi connectivity index (χ4v) is 3.43. The largest absolute Gasteiger partial charge is 0.312 e. The summed E-state index contributed by atoms with van der Waals surface area (Å²) in [6, 6.07) is 11.3. The number of nitrogens with zero attached hydrogens (tertiary/aromatic N) is 2. The van der Waals surface area contributed by atoms with Gasteiger partial charge in [-0.15, -0.1) is 11.3 Å². The van der Waals surface area contributed by atoms with Crippen molar-refractivity contribution in [3.8, 4) is 0 Å². The van der Waals surface area contributed by atoms with E-state index in [1.54, 1.807) is 11.3 Å². The van der Waals surface area contributed by atoms with Crippen molar-refractivity contribution in [3.05, 3.63) is 52.5 Å². The molecule has 1 atom stereocenters. The number of thiazole rings is 1. The Bertz CT molecular complexity index is 498. The van der Waals surface area contributed by atoms with E-state index in [1.807, 2.05) is 11.7 Å². The van der Waals surface area contributed by atoms with Gasteiger partial charge in [-0.05, 0) is 31.5 Å². The molecule has 2 heterocycles. The summed E-state index contributed by atoms with van der Waals surface area (Å²) in [5.41, 5.74) is 3.34. The van der Waals surface area contributed by atoms with E-state index in [0.29, 0.717) is 6.04 Å². The maximum Gasteiger partial charge on any atom is 0.0794 e. The van der Waals surface area contributed by atoms with Crippen molar-refractivity contribution in [1.82, 2.24) is 15.2 Å². The molecule has 4 heteroatoms. The monoisotopic (exact) mass is 287 g/mol. The molecule has 1 aliphatic rings. The zero-order valence-corrected chi connectivity index (χ0v) is 12.5. The minimum Gasteiger partial charge on any atom is -0.312 e. The van der Waals surface area contributed by atoms with Gasteiger partial charge in [-0.3, -0.25) is 9.88 Å². The van der Waals surface area contributed by atoms with Gasteiger partial charge < -0.3 is 5.32 Å². The molecule has 1 saturated heterocycles. The van der Waals surface area contributed by atoms with Crippen LogP contribution in [-0.2, 0) is 13.0 Å². The Kier molecular flexibility index (Phi) is 4.79. The number of hydrogen-bond donors (Lipinski definition) is 1. The van der Waals surface area contributed by atoms with Crippen molar-refractivity contribution >= 4 is 11.3 Å². The molecule has 3 nitrogen and oxygen atoms in total. The summed E-state index contributed by atoms with van der Waals surface area (Å²) in [4.78, 5) is 8.10. The molecule has 1 N–H and O–H groups in total. The molecule has 0 radical (unpaired) electrons. The summed E-state index contributed by atoms with van der Waals surface area (Å²) in [6.45, 7) is 4.46. The van der Waals surface area contributed by atoms with Gasteiger partial charge in [0.15, 0.2) is 0 Å². The Balaban J connectivity index is 1.60. The predicted molar refractivity (Wildman–Crippen MR) is 83.9 cm³/mol. The highest BCUT2D eigenvalue weighted by Gasteiger charge is 2.18. The molecular weight excluding hydrogens is 266 g/mol. The van der Waals surface area contributed by atoms with Gasteiger partial charge in [0.05, 0.1) is 5.51 Å². The minimum atomic E-state index is 0.549. The number of hydrogen-bond acceptors (Lipinski definition) is 4. The van der Waals surface area contributed by atoms with Gasteiger partial charge in [0, 0.05) is 30.2 Å². The smallest absolute Gasteiger partial charge is 0.0794 e. The summed E-state index contributed by atoms with van der Waals surface area (Å²) < 4.78 is 0. The predicted octanol–water partition coefficient (Wildman–Crippen LogP) is 2.55. The van der Waals surface area contributed by atoms with Crippen LogP contribution in [0.4, 0.5) is 0 Å². The van der Waals surface area contributed by atoms with Crippen LogP contribution < -0.4 is 5.32 Å². The highest BCUT2D eigenvalue weighted by molar-refractivity contribution is 7.09. The molecule has 0 saturated carbocycles. The van der Waals surface area contributed by atoms with Crippen molar-refractivity contribution in [2.75, 3.05) is 19.6 Å². The molecule has 3 rings (SSSR count). The molecule has 1 aliphatic heterocycles. The molecule has 106 valence electrons. The Morgan fingerprint density at radius 3 is 3.00 bits per heavy atom. The van der Waals surface area contributed by atoms with E-state index in [0.717, 1.165) is 26.1 Å².